The summed E-state index contributed by atoms with van der Waals surface area (Å²) in [5.74, 6) is 1.98. The number of benzene rings is 7. The summed E-state index contributed by atoms with van der Waals surface area (Å²) in [4.78, 5) is 15.1. The van der Waals surface area contributed by atoms with Crippen LogP contribution in [0.4, 0.5) is 0 Å². The van der Waals surface area contributed by atoms with Crippen LogP contribution < -0.4 is 0 Å². The van der Waals surface area contributed by atoms with Gasteiger partial charge in [0.15, 0.2) is 17.5 Å². The van der Waals surface area contributed by atoms with Crippen molar-refractivity contribution < 1.29 is 0 Å². The maximum Gasteiger partial charge on any atom is 0.164 e. The van der Waals surface area contributed by atoms with Crippen molar-refractivity contribution in [1.82, 2.24) is 15.0 Å². The van der Waals surface area contributed by atoms with Gasteiger partial charge in [0.2, 0.25) is 0 Å². The van der Waals surface area contributed by atoms with E-state index in [0.717, 1.165) is 27.5 Å². The summed E-state index contributed by atoms with van der Waals surface area (Å²) < 4.78 is 0. The summed E-state index contributed by atoms with van der Waals surface area (Å²) in [5, 5.41) is 2.27. The van der Waals surface area contributed by atoms with Crippen LogP contribution in [0, 0.1) is 0 Å². The molecule has 0 saturated carbocycles. The molecule has 3 nitrogen and oxygen atoms in total. The van der Waals surface area contributed by atoms with Gasteiger partial charge in [-0.2, -0.15) is 0 Å². The van der Waals surface area contributed by atoms with Crippen molar-refractivity contribution in [2.24, 2.45) is 0 Å². The maximum atomic E-state index is 5.08. The average molecular weight is 670 g/mol. The lowest BCUT2D eigenvalue weighted by atomic mass is 9.54. The Kier molecular flexibility index (Phi) is 7.48. The Morgan fingerprint density at radius 1 is 0.327 bits per heavy atom. The quantitative estimate of drug-likeness (QED) is 0.183. The largest absolute Gasteiger partial charge is 0.208 e. The molecule has 1 aliphatic carbocycles. The van der Waals surface area contributed by atoms with Crippen molar-refractivity contribution in [3.8, 4) is 67.5 Å². The van der Waals surface area contributed by atoms with Gasteiger partial charge in [0.25, 0.3) is 0 Å². The predicted molar refractivity (Wildman–Crippen MR) is 216 cm³/mol. The third-order valence-corrected chi connectivity index (χ3v) is 11.5. The molecule has 1 heterocycles. The van der Waals surface area contributed by atoms with E-state index in [4.69, 9.17) is 15.0 Å². The molecule has 250 valence electrons. The first-order chi connectivity index (χ1) is 25.3. The Labute approximate surface area is 305 Å². The minimum Gasteiger partial charge on any atom is -0.208 e. The van der Waals surface area contributed by atoms with E-state index in [-0.39, 0.29) is 10.8 Å². The zero-order chi connectivity index (χ0) is 35.5. The van der Waals surface area contributed by atoms with Gasteiger partial charge >= 0.3 is 0 Å². The first kappa shape index (κ1) is 31.8. The number of fused-ring (bicyclic) bond motifs is 4. The Balaban J connectivity index is 1.23. The SMILES string of the molecule is CC1(C)c2ccc(-c3ccc(-c4nc(-c5ccccc5)nc(-c5ccccc5)n4)c4ccccc34)cc2-c2cccc(-c3ccccc3)c2C1(C)C. The third kappa shape index (κ3) is 5.07. The summed E-state index contributed by atoms with van der Waals surface area (Å²) in [7, 11) is 0. The smallest absolute Gasteiger partial charge is 0.164 e. The molecule has 1 aliphatic rings. The predicted octanol–water partition coefficient (Wildman–Crippen LogP) is 12.6. The second kappa shape index (κ2) is 12.2. The molecule has 52 heavy (non-hydrogen) atoms. The van der Waals surface area contributed by atoms with Crippen LogP contribution in [0.3, 0.4) is 0 Å². The number of rotatable bonds is 5. The summed E-state index contributed by atoms with van der Waals surface area (Å²) in [6, 6.07) is 58.1. The molecule has 9 rings (SSSR count). The molecule has 0 fully saturated rings. The molecule has 7 aromatic carbocycles. The van der Waals surface area contributed by atoms with E-state index in [9.17, 15) is 0 Å². The van der Waals surface area contributed by atoms with Crippen LogP contribution in [0.15, 0.2) is 164 Å². The molecule has 0 saturated heterocycles. The number of nitrogens with zero attached hydrogens (tertiary/aromatic N) is 3. The molecule has 0 unspecified atom stereocenters. The number of aromatic nitrogens is 3. The van der Waals surface area contributed by atoms with Gasteiger partial charge < -0.3 is 0 Å². The summed E-state index contributed by atoms with van der Waals surface area (Å²) >= 11 is 0. The van der Waals surface area contributed by atoms with Gasteiger partial charge in [0, 0.05) is 22.1 Å². The van der Waals surface area contributed by atoms with Crippen LogP contribution in [-0.2, 0) is 10.8 Å². The van der Waals surface area contributed by atoms with E-state index < -0.39 is 0 Å². The molecule has 0 bridgehead atoms. The average Bonchev–Trinajstić information content (AvgIpc) is 3.20. The molecule has 0 aliphatic heterocycles. The molecule has 0 N–H and O–H groups in total. The van der Waals surface area contributed by atoms with Crippen LogP contribution >= 0.6 is 0 Å². The van der Waals surface area contributed by atoms with E-state index in [1.807, 2.05) is 36.4 Å². The highest BCUT2D eigenvalue weighted by atomic mass is 15.0. The molecule has 0 spiro atoms. The zero-order valence-electron chi connectivity index (χ0n) is 29.9. The lowest BCUT2D eigenvalue weighted by molar-refractivity contribution is 0.300. The monoisotopic (exact) mass is 669 g/mol. The maximum absolute atomic E-state index is 5.08. The highest BCUT2D eigenvalue weighted by Crippen LogP contribution is 2.56. The highest BCUT2D eigenvalue weighted by Gasteiger charge is 2.47. The fraction of sp³-hybridized carbons (Fsp3) is 0.122. The van der Waals surface area contributed by atoms with Crippen molar-refractivity contribution in [2.45, 2.75) is 38.5 Å². The van der Waals surface area contributed by atoms with Gasteiger partial charge in [-0.05, 0) is 72.8 Å². The Morgan fingerprint density at radius 3 is 1.44 bits per heavy atom. The first-order valence-corrected chi connectivity index (χ1v) is 18.0. The van der Waals surface area contributed by atoms with Gasteiger partial charge in [-0.1, -0.05) is 179 Å². The molecule has 0 radical (unpaired) electrons. The fourth-order valence-electron chi connectivity index (χ4n) is 8.11. The van der Waals surface area contributed by atoms with Gasteiger partial charge in [-0.15, -0.1) is 0 Å². The van der Waals surface area contributed by atoms with E-state index in [0.29, 0.717) is 17.5 Å². The van der Waals surface area contributed by atoms with Crippen LogP contribution in [-0.4, -0.2) is 15.0 Å². The van der Waals surface area contributed by atoms with Gasteiger partial charge in [-0.25, -0.2) is 15.0 Å². The fourth-order valence-corrected chi connectivity index (χ4v) is 8.11. The van der Waals surface area contributed by atoms with Crippen molar-refractivity contribution in [1.29, 1.82) is 0 Å². The first-order valence-electron chi connectivity index (χ1n) is 18.0. The summed E-state index contributed by atoms with van der Waals surface area (Å²) in [5.41, 5.74) is 13.1. The Hall–Kier alpha value is -6.19. The summed E-state index contributed by atoms with van der Waals surface area (Å²) in [6.07, 6.45) is 0. The Morgan fingerprint density at radius 2 is 0.827 bits per heavy atom. The molecule has 1 aromatic heterocycles. The van der Waals surface area contributed by atoms with Crippen molar-refractivity contribution in [2.75, 3.05) is 0 Å². The van der Waals surface area contributed by atoms with E-state index in [2.05, 4.69) is 155 Å². The number of hydrogen-bond acceptors (Lipinski definition) is 3. The minimum atomic E-state index is -0.101. The van der Waals surface area contributed by atoms with E-state index in [1.54, 1.807) is 0 Å². The molecule has 8 aromatic rings. The second-order valence-corrected chi connectivity index (χ2v) is 14.8. The normalized spacial score (nSPS) is 14.1. The summed E-state index contributed by atoms with van der Waals surface area (Å²) in [6.45, 7) is 9.63. The topological polar surface area (TPSA) is 38.7 Å². The van der Waals surface area contributed by atoms with E-state index >= 15 is 0 Å². The van der Waals surface area contributed by atoms with Crippen LogP contribution in [0.5, 0.6) is 0 Å². The lowest BCUT2D eigenvalue weighted by Crippen LogP contribution is -2.44. The molecular weight excluding hydrogens is 631 g/mol. The van der Waals surface area contributed by atoms with Gasteiger partial charge in [0.1, 0.15) is 0 Å². The van der Waals surface area contributed by atoms with Crippen LogP contribution in [0.25, 0.3) is 78.3 Å². The highest BCUT2D eigenvalue weighted by molar-refractivity contribution is 6.05. The molecule has 3 heteroatoms. The van der Waals surface area contributed by atoms with Crippen LogP contribution in [0.1, 0.15) is 38.8 Å². The van der Waals surface area contributed by atoms with Crippen molar-refractivity contribution in [3.63, 3.8) is 0 Å². The minimum absolute atomic E-state index is 0.0978. The number of hydrogen-bond donors (Lipinski definition) is 0. The molecule has 0 amide bonds. The standard InChI is InChI=1S/C49H39N3/c1-48(2)43-30-27-35(31-42(43)40-26-16-25-37(44(40)49(48,3)4)32-17-8-5-9-18-32)36-28-29-41(39-24-15-14-23-38(36)39)47-51-45(33-19-10-6-11-20-33)50-46(52-47)34-21-12-7-13-22-34/h5-31H,1-4H3. The third-order valence-electron chi connectivity index (χ3n) is 11.5. The van der Waals surface area contributed by atoms with Crippen LogP contribution in [0.2, 0.25) is 0 Å². The van der Waals surface area contributed by atoms with Crippen molar-refractivity contribution >= 4 is 10.8 Å². The van der Waals surface area contributed by atoms with Gasteiger partial charge in [-0.3, -0.25) is 0 Å². The second-order valence-electron chi connectivity index (χ2n) is 14.8. The van der Waals surface area contributed by atoms with Crippen molar-refractivity contribution in [3.05, 3.63) is 175 Å². The Bertz CT molecular complexity index is 2550. The molecule has 0 atom stereocenters. The zero-order valence-corrected chi connectivity index (χ0v) is 29.9. The van der Waals surface area contributed by atoms with E-state index in [1.165, 1.54) is 44.5 Å². The molecular formula is C49H39N3. The lowest BCUT2D eigenvalue weighted by Gasteiger charge is -2.49. The van der Waals surface area contributed by atoms with Gasteiger partial charge in [0.05, 0.1) is 0 Å².